The smallest absolute Gasteiger partial charge is 0.266 e. The molecule has 1 heterocycles. The monoisotopic (exact) mass is 209 g/mol. The van der Waals surface area contributed by atoms with Crippen molar-refractivity contribution in [2.24, 2.45) is 0 Å². The molecule has 0 saturated heterocycles. The van der Waals surface area contributed by atoms with E-state index in [-0.39, 0.29) is 5.91 Å². The van der Waals surface area contributed by atoms with Crippen LogP contribution in [-0.4, -0.2) is 26.3 Å². The first-order chi connectivity index (χ1) is 6.70. The Labute approximate surface area is 85.5 Å². The third-order valence-corrected chi connectivity index (χ3v) is 2.09. The van der Waals surface area contributed by atoms with Crippen molar-refractivity contribution in [3.8, 4) is 0 Å². The molecule has 0 spiro atoms. The van der Waals surface area contributed by atoms with E-state index in [1.54, 1.807) is 19.1 Å². The van der Waals surface area contributed by atoms with E-state index in [1.165, 1.54) is 4.68 Å². The molecule has 0 aliphatic carbocycles. The van der Waals surface area contributed by atoms with Crippen LogP contribution in [0.3, 0.4) is 0 Å². The number of rotatable bonds is 1. The van der Waals surface area contributed by atoms with Crippen LogP contribution >= 0.6 is 11.6 Å². The number of aromatic nitrogens is 3. The number of benzene rings is 1. The summed E-state index contributed by atoms with van der Waals surface area (Å²) in [5.74, 6) is -0.264. The van der Waals surface area contributed by atoms with Gasteiger partial charge in [0, 0.05) is 0 Å². The van der Waals surface area contributed by atoms with Crippen molar-refractivity contribution in [2.45, 2.75) is 12.3 Å². The van der Waals surface area contributed by atoms with Crippen LogP contribution in [0.15, 0.2) is 24.3 Å². The van der Waals surface area contributed by atoms with Gasteiger partial charge in [-0.3, -0.25) is 4.79 Å². The fraction of sp³-hybridized carbons (Fsp3) is 0.222. The van der Waals surface area contributed by atoms with Crippen LogP contribution in [0.25, 0.3) is 11.0 Å². The molecule has 2 rings (SSSR count). The van der Waals surface area contributed by atoms with Gasteiger partial charge in [-0.15, -0.1) is 16.7 Å². The van der Waals surface area contributed by atoms with Crippen LogP contribution < -0.4 is 0 Å². The van der Waals surface area contributed by atoms with Gasteiger partial charge in [-0.2, -0.15) is 4.68 Å². The number of carbonyl (C=O) groups excluding carboxylic acids is 1. The summed E-state index contributed by atoms with van der Waals surface area (Å²) in [5, 5.41) is 7.01. The molecule has 2 aromatic rings. The molecule has 0 aliphatic rings. The van der Waals surface area contributed by atoms with Crippen molar-refractivity contribution in [3.63, 3.8) is 0 Å². The largest absolute Gasteiger partial charge is 0.271 e. The van der Waals surface area contributed by atoms with Crippen molar-refractivity contribution in [1.82, 2.24) is 15.0 Å². The van der Waals surface area contributed by atoms with Crippen molar-refractivity contribution >= 4 is 28.5 Å². The van der Waals surface area contributed by atoms with E-state index >= 15 is 0 Å². The number of fused-ring (bicyclic) bond motifs is 1. The standard InChI is InChI=1S/C9H8ClN3O/c1-6(10)9(14)13-8-5-3-2-4-7(8)11-12-13/h2-6H,1H3. The minimum absolute atomic E-state index is 0.264. The highest BCUT2D eigenvalue weighted by Gasteiger charge is 2.15. The number of carbonyl (C=O) groups is 1. The molecule has 14 heavy (non-hydrogen) atoms. The molecular weight excluding hydrogens is 202 g/mol. The summed E-state index contributed by atoms with van der Waals surface area (Å²) in [6.07, 6.45) is 0. The van der Waals surface area contributed by atoms with E-state index in [0.717, 1.165) is 0 Å². The van der Waals surface area contributed by atoms with Gasteiger partial charge in [-0.25, -0.2) is 0 Å². The molecule has 0 fully saturated rings. The molecule has 1 aromatic heterocycles. The maximum absolute atomic E-state index is 11.5. The Morgan fingerprint density at radius 1 is 1.50 bits per heavy atom. The van der Waals surface area contributed by atoms with Crippen molar-refractivity contribution in [3.05, 3.63) is 24.3 Å². The van der Waals surface area contributed by atoms with Gasteiger partial charge in [0.15, 0.2) is 0 Å². The Morgan fingerprint density at radius 3 is 2.93 bits per heavy atom. The van der Waals surface area contributed by atoms with Gasteiger partial charge in [-0.1, -0.05) is 17.3 Å². The zero-order chi connectivity index (χ0) is 10.1. The summed E-state index contributed by atoms with van der Waals surface area (Å²) in [7, 11) is 0. The highest BCUT2D eigenvalue weighted by atomic mass is 35.5. The molecule has 0 N–H and O–H groups in total. The number of alkyl halides is 1. The highest BCUT2D eigenvalue weighted by molar-refractivity contribution is 6.31. The topological polar surface area (TPSA) is 47.8 Å². The second-order valence-corrected chi connectivity index (χ2v) is 3.60. The number of nitrogens with zero attached hydrogens (tertiary/aromatic N) is 3. The number of hydrogen-bond donors (Lipinski definition) is 0. The Kier molecular flexibility index (Phi) is 2.21. The normalized spacial score (nSPS) is 13.0. The molecular formula is C9H8ClN3O. The molecule has 0 aliphatic heterocycles. The average Bonchev–Trinajstić information content (AvgIpc) is 2.60. The Hall–Kier alpha value is -1.42. The number of hydrogen-bond acceptors (Lipinski definition) is 3. The van der Waals surface area contributed by atoms with Crippen molar-refractivity contribution in [1.29, 1.82) is 0 Å². The van der Waals surface area contributed by atoms with Crippen molar-refractivity contribution in [2.75, 3.05) is 0 Å². The SMILES string of the molecule is CC(Cl)C(=O)n1nnc2ccccc21. The summed E-state index contributed by atoms with van der Waals surface area (Å²) < 4.78 is 1.23. The van der Waals surface area contributed by atoms with E-state index in [9.17, 15) is 4.79 Å². The molecule has 1 atom stereocenters. The predicted octanol–water partition coefficient (Wildman–Crippen LogP) is 1.70. The lowest BCUT2D eigenvalue weighted by Gasteiger charge is -2.01. The summed E-state index contributed by atoms with van der Waals surface area (Å²) in [4.78, 5) is 11.5. The van der Waals surface area contributed by atoms with E-state index < -0.39 is 5.38 Å². The van der Waals surface area contributed by atoms with E-state index in [2.05, 4.69) is 10.3 Å². The van der Waals surface area contributed by atoms with Gasteiger partial charge in [0.2, 0.25) is 0 Å². The zero-order valence-corrected chi connectivity index (χ0v) is 8.27. The second kappa shape index (κ2) is 3.38. The number of para-hydroxylation sites is 1. The van der Waals surface area contributed by atoms with E-state index in [1.807, 2.05) is 12.1 Å². The van der Waals surface area contributed by atoms with Crippen LogP contribution in [0.1, 0.15) is 11.7 Å². The maximum Gasteiger partial charge on any atom is 0.266 e. The van der Waals surface area contributed by atoms with Crippen LogP contribution in [0.5, 0.6) is 0 Å². The molecule has 1 unspecified atom stereocenters. The van der Waals surface area contributed by atoms with Gasteiger partial charge in [0.05, 0.1) is 5.52 Å². The summed E-state index contributed by atoms with van der Waals surface area (Å²) in [5.41, 5.74) is 1.38. The molecule has 1 aromatic carbocycles. The van der Waals surface area contributed by atoms with Crippen LogP contribution in [0, 0.1) is 0 Å². The fourth-order valence-corrected chi connectivity index (χ4v) is 1.29. The average molecular weight is 210 g/mol. The van der Waals surface area contributed by atoms with Crippen LogP contribution in [0.2, 0.25) is 0 Å². The maximum atomic E-state index is 11.5. The molecule has 0 bridgehead atoms. The van der Waals surface area contributed by atoms with Gasteiger partial charge in [0.1, 0.15) is 10.9 Å². The quantitative estimate of drug-likeness (QED) is 0.672. The molecule has 0 saturated carbocycles. The highest BCUT2D eigenvalue weighted by Crippen LogP contribution is 2.11. The van der Waals surface area contributed by atoms with E-state index in [4.69, 9.17) is 11.6 Å². The van der Waals surface area contributed by atoms with Gasteiger partial charge < -0.3 is 0 Å². The predicted molar refractivity (Wildman–Crippen MR) is 53.5 cm³/mol. The Bertz CT molecular complexity index is 478. The molecule has 72 valence electrons. The van der Waals surface area contributed by atoms with Crippen molar-refractivity contribution < 1.29 is 4.79 Å². The summed E-state index contributed by atoms with van der Waals surface area (Å²) in [6, 6.07) is 7.25. The summed E-state index contributed by atoms with van der Waals surface area (Å²) >= 11 is 5.68. The van der Waals surface area contributed by atoms with Crippen LogP contribution in [0.4, 0.5) is 0 Å². The second-order valence-electron chi connectivity index (χ2n) is 2.94. The van der Waals surface area contributed by atoms with Gasteiger partial charge >= 0.3 is 0 Å². The van der Waals surface area contributed by atoms with Gasteiger partial charge in [-0.05, 0) is 19.1 Å². The zero-order valence-electron chi connectivity index (χ0n) is 7.51. The molecule has 0 amide bonds. The lowest BCUT2D eigenvalue weighted by molar-refractivity contribution is 0.0900. The third kappa shape index (κ3) is 1.37. The molecule has 0 radical (unpaired) electrons. The van der Waals surface area contributed by atoms with Crippen LogP contribution in [-0.2, 0) is 0 Å². The molecule has 4 nitrogen and oxygen atoms in total. The molecule has 5 heteroatoms. The summed E-state index contributed by atoms with van der Waals surface area (Å²) in [6.45, 7) is 1.61. The fourth-order valence-electron chi connectivity index (χ4n) is 1.20. The minimum atomic E-state index is -0.597. The van der Waals surface area contributed by atoms with Gasteiger partial charge in [0.25, 0.3) is 5.91 Å². The Balaban J connectivity index is 2.58. The Morgan fingerprint density at radius 2 is 2.21 bits per heavy atom. The lowest BCUT2D eigenvalue weighted by atomic mass is 10.3. The first-order valence-electron chi connectivity index (χ1n) is 4.19. The lowest BCUT2D eigenvalue weighted by Crippen LogP contribution is -2.20. The first-order valence-corrected chi connectivity index (χ1v) is 4.62. The minimum Gasteiger partial charge on any atom is -0.271 e. The third-order valence-electron chi connectivity index (χ3n) is 1.90. The van der Waals surface area contributed by atoms with E-state index in [0.29, 0.717) is 11.0 Å². The first kappa shape index (κ1) is 9.15. The number of halogens is 1.